The third-order valence-corrected chi connectivity index (χ3v) is 4.58. The Bertz CT molecular complexity index is 1190. The van der Waals surface area contributed by atoms with Crippen molar-refractivity contribution in [1.82, 2.24) is 14.2 Å². The van der Waals surface area contributed by atoms with E-state index in [1.807, 2.05) is 19.9 Å². The molecule has 0 bridgehead atoms. The molecule has 4 rings (SSSR count). The summed E-state index contributed by atoms with van der Waals surface area (Å²) >= 11 is 0. The molecule has 4 aromatic rings. The molecule has 0 spiro atoms. The topological polar surface area (TPSA) is 39.3 Å². The molecule has 0 fully saturated rings. The van der Waals surface area contributed by atoms with E-state index in [4.69, 9.17) is 0 Å². The van der Waals surface area contributed by atoms with Crippen LogP contribution in [-0.2, 0) is 6.54 Å². The predicted molar refractivity (Wildman–Crippen MR) is 105 cm³/mol. The van der Waals surface area contributed by atoms with Crippen molar-refractivity contribution in [3.8, 4) is 22.3 Å². The van der Waals surface area contributed by atoms with Crippen molar-refractivity contribution in [3.63, 3.8) is 0 Å². The highest BCUT2D eigenvalue weighted by atomic mass is 19.1. The molecular formula is C22H19F2N3O. The van der Waals surface area contributed by atoms with Crippen LogP contribution in [0, 0.1) is 17.6 Å². The van der Waals surface area contributed by atoms with Gasteiger partial charge in [0.1, 0.15) is 11.6 Å². The van der Waals surface area contributed by atoms with Gasteiger partial charge in [-0.3, -0.25) is 0 Å². The lowest BCUT2D eigenvalue weighted by Crippen LogP contribution is -2.23. The van der Waals surface area contributed by atoms with Gasteiger partial charge in [-0.25, -0.2) is 22.7 Å². The summed E-state index contributed by atoms with van der Waals surface area (Å²) in [7, 11) is 0. The maximum absolute atomic E-state index is 13.5. The summed E-state index contributed by atoms with van der Waals surface area (Å²) in [5.41, 5.74) is 3.27. The van der Waals surface area contributed by atoms with Crippen LogP contribution in [0.2, 0.25) is 0 Å². The van der Waals surface area contributed by atoms with E-state index in [9.17, 15) is 13.6 Å². The molecule has 0 N–H and O–H groups in total. The van der Waals surface area contributed by atoms with Crippen molar-refractivity contribution in [2.45, 2.75) is 20.4 Å². The summed E-state index contributed by atoms with van der Waals surface area (Å²) in [4.78, 5) is 12.7. The Hall–Kier alpha value is -3.28. The molecule has 0 saturated heterocycles. The molecule has 0 aliphatic heterocycles. The van der Waals surface area contributed by atoms with Gasteiger partial charge in [0.2, 0.25) is 0 Å². The molecule has 142 valence electrons. The smallest absolute Gasteiger partial charge is 0.250 e. The number of pyridine rings is 1. The molecule has 0 aliphatic rings. The first-order chi connectivity index (χ1) is 13.4. The number of nitrogens with zero attached hydrogens (tertiary/aromatic N) is 3. The van der Waals surface area contributed by atoms with Gasteiger partial charge in [0.15, 0.2) is 5.65 Å². The van der Waals surface area contributed by atoms with E-state index in [2.05, 4.69) is 5.10 Å². The van der Waals surface area contributed by atoms with Gasteiger partial charge in [-0.05, 0) is 52.9 Å². The largest absolute Gasteiger partial charge is 0.350 e. The van der Waals surface area contributed by atoms with Crippen LogP contribution in [-0.4, -0.2) is 14.2 Å². The van der Waals surface area contributed by atoms with E-state index in [-0.39, 0.29) is 23.2 Å². The fourth-order valence-electron chi connectivity index (χ4n) is 3.31. The Labute approximate surface area is 160 Å². The molecule has 0 atom stereocenters. The van der Waals surface area contributed by atoms with Crippen molar-refractivity contribution in [3.05, 3.63) is 82.9 Å². The summed E-state index contributed by atoms with van der Waals surface area (Å²) in [6, 6.07) is 14.0. The molecule has 0 unspecified atom stereocenters. The number of benzene rings is 2. The molecule has 0 aliphatic carbocycles. The normalized spacial score (nSPS) is 11.5. The molecule has 2 heterocycles. The number of hydrogen-bond donors (Lipinski definition) is 0. The van der Waals surface area contributed by atoms with Gasteiger partial charge < -0.3 is 0 Å². The minimum absolute atomic E-state index is 0.224. The third kappa shape index (κ3) is 3.22. The van der Waals surface area contributed by atoms with E-state index in [0.29, 0.717) is 17.8 Å². The standard InChI is InChI=1S/C22H19F2N3O/c1-14(2)13-27-22(28)26-12-11-19(15-3-7-17(23)8-4-15)20(21(26)25-27)16-5-9-18(24)10-6-16/h3-12,14H,13H2,1-2H3. The van der Waals surface area contributed by atoms with E-state index in [0.717, 1.165) is 16.7 Å². The van der Waals surface area contributed by atoms with E-state index < -0.39 is 0 Å². The Morgan fingerprint density at radius 2 is 1.46 bits per heavy atom. The van der Waals surface area contributed by atoms with E-state index in [1.54, 1.807) is 30.5 Å². The third-order valence-electron chi connectivity index (χ3n) is 4.58. The van der Waals surface area contributed by atoms with E-state index in [1.165, 1.54) is 33.3 Å². The number of halogens is 2. The van der Waals surface area contributed by atoms with Crippen LogP contribution < -0.4 is 5.69 Å². The summed E-state index contributed by atoms with van der Waals surface area (Å²) in [6.45, 7) is 4.53. The lowest BCUT2D eigenvalue weighted by Gasteiger charge is -2.11. The average molecular weight is 379 g/mol. The minimum atomic E-state index is -0.346. The Kier molecular flexibility index (Phi) is 4.55. The van der Waals surface area contributed by atoms with Crippen LogP contribution in [0.4, 0.5) is 8.78 Å². The number of fused-ring (bicyclic) bond motifs is 1. The van der Waals surface area contributed by atoms with Crippen LogP contribution in [0.5, 0.6) is 0 Å². The van der Waals surface area contributed by atoms with Crippen molar-refractivity contribution >= 4 is 5.65 Å². The lowest BCUT2D eigenvalue weighted by molar-refractivity contribution is 0.471. The lowest BCUT2D eigenvalue weighted by atomic mass is 9.96. The van der Waals surface area contributed by atoms with Crippen molar-refractivity contribution < 1.29 is 8.78 Å². The van der Waals surface area contributed by atoms with Gasteiger partial charge in [-0.2, -0.15) is 0 Å². The molecule has 0 amide bonds. The van der Waals surface area contributed by atoms with Gasteiger partial charge in [-0.15, -0.1) is 5.10 Å². The van der Waals surface area contributed by atoms with Crippen molar-refractivity contribution in [2.24, 2.45) is 5.92 Å². The van der Waals surface area contributed by atoms with Crippen LogP contribution >= 0.6 is 0 Å². The maximum atomic E-state index is 13.5. The van der Waals surface area contributed by atoms with Crippen LogP contribution in [0.3, 0.4) is 0 Å². The van der Waals surface area contributed by atoms with Crippen LogP contribution in [0.1, 0.15) is 13.8 Å². The summed E-state index contributed by atoms with van der Waals surface area (Å²) < 4.78 is 29.8. The second-order valence-corrected chi connectivity index (χ2v) is 7.17. The highest BCUT2D eigenvalue weighted by Crippen LogP contribution is 2.34. The minimum Gasteiger partial charge on any atom is -0.250 e. The highest BCUT2D eigenvalue weighted by molar-refractivity contribution is 5.91. The average Bonchev–Trinajstić information content (AvgIpc) is 2.98. The second kappa shape index (κ2) is 7.03. The Morgan fingerprint density at radius 1 is 0.893 bits per heavy atom. The number of hydrogen-bond acceptors (Lipinski definition) is 2. The fourth-order valence-corrected chi connectivity index (χ4v) is 3.31. The quantitative estimate of drug-likeness (QED) is 0.513. The van der Waals surface area contributed by atoms with Gasteiger partial charge in [0.25, 0.3) is 0 Å². The van der Waals surface area contributed by atoms with Crippen LogP contribution in [0.25, 0.3) is 27.9 Å². The molecular weight excluding hydrogens is 360 g/mol. The zero-order valence-electron chi connectivity index (χ0n) is 15.6. The second-order valence-electron chi connectivity index (χ2n) is 7.17. The molecule has 0 radical (unpaired) electrons. The molecule has 6 heteroatoms. The first-order valence-electron chi connectivity index (χ1n) is 9.08. The highest BCUT2D eigenvalue weighted by Gasteiger charge is 2.18. The first-order valence-corrected chi connectivity index (χ1v) is 9.08. The molecule has 4 nitrogen and oxygen atoms in total. The van der Waals surface area contributed by atoms with Gasteiger partial charge in [-0.1, -0.05) is 38.1 Å². The van der Waals surface area contributed by atoms with Crippen molar-refractivity contribution in [1.29, 1.82) is 0 Å². The van der Waals surface area contributed by atoms with Crippen LogP contribution in [0.15, 0.2) is 65.6 Å². The predicted octanol–water partition coefficient (Wildman–Crippen LogP) is 4.76. The Morgan fingerprint density at radius 3 is 2.04 bits per heavy atom. The number of rotatable bonds is 4. The van der Waals surface area contributed by atoms with Gasteiger partial charge >= 0.3 is 5.69 Å². The molecule has 28 heavy (non-hydrogen) atoms. The van der Waals surface area contributed by atoms with E-state index >= 15 is 0 Å². The van der Waals surface area contributed by atoms with Gasteiger partial charge in [0.05, 0.1) is 0 Å². The van der Waals surface area contributed by atoms with Gasteiger partial charge in [0, 0.05) is 18.3 Å². The summed E-state index contributed by atoms with van der Waals surface area (Å²) in [5, 5.41) is 4.55. The monoisotopic (exact) mass is 379 g/mol. The first kappa shape index (κ1) is 18.1. The fraction of sp³-hybridized carbons (Fsp3) is 0.182. The summed E-state index contributed by atoms with van der Waals surface area (Å²) in [6.07, 6.45) is 1.67. The summed E-state index contributed by atoms with van der Waals surface area (Å²) in [5.74, 6) is -0.416. The number of aromatic nitrogens is 3. The molecule has 0 saturated carbocycles. The Balaban J connectivity index is 2.03. The zero-order chi connectivity index (χ0) is 19.8. The zero-order valence-corrected chi connectivity index (χ0v) is 15.6. The molecule has 2 aromatic carbocycles. The maximum Gasteiger partial charge on any atom is 0.350 e. The van der Waals surface area contributed by atoms with Crippen molar-refractivity contribution in [2.75, 3.05) is 0 Å². The SMILES string of the molecule is CC(C)Cn1nc2c(-c3ccc(F)cc3)c(-c3ccc(F)cc3)ccn2c1=O. The molecule has 2 aromatic heterocycles.